The van der Waals surface area contributed by atoms with Crippen LogP contribution < -0.4 is 4.74 Å². The van der Waals surface area contributed by atoms with Crippen molar-refractivity contribution in [3.8, 4) is 5.75 Å². The maximum Gasteiger partial charge on any atom is 0.124 e. The van der Waals surface area contributed by atoms with E-state index in [0.29, 0.717) is 6.10 Å². The molecule has 2 rings (SSSR count). The number of hydrogen-bond donors (Lipinski definition) is 0. The molecule has 0 bridgehead atoms. The van der Waals surface area contributed by atoms with Crippen LogP contribution in [0.1, 0.15) is 29.5 Å². The Morgan fingerprint density at radius 1 is 1.27 bits per heavy atom. The fourth-order valence-electron chi connectivity index (χ4n) is 3.05. The minimum absolute atomic E-state index is 0.317. The molecule has 1 saturated heterocycles. The predicted octanol–water partition coefficient (Wildman–Crippen LogP) is 2.94. The van der Waals surface area contributed by atoms with E-state index in [1.165, 1.54) is 23.1 Å². The van der Waals surface area contributed by atoms with Crippen molar-refractivity contribution in [1.29, 1.82) is 0 Å². The largest absolute Gasteiger partial charge is 0.496 e. The second-order valence-electron chi connectivity index (χ2n) is 6.21. The summed E-state index contributed by atoms with van der Waals surface area (Å²) >= 11 is 0. The van der Waals surface area contributed by atoms with Gasteiger partial charge in [-0.15, -0.1) is 0 Å². The van der Waals surface area contributed by atoms with Crippen LogP contribution in [0.5, 0.6) is 5.75 Å². The number of nitrogens with zero attached hydrogens (tertiary/aromatic N) is 1. The zero-order valence-electron chi connectivity index (χ0n) is 14.4. The molecular weight excluding hydrogens is 278 g/mol. The molecule has 1 aromatic carbocycles. The minimum Gasteiger partial charge on any atom is -0.496 e. The Morgan fingerprint density at radius 3 is 2.59 bits per heavy atom. The van der Waals surface area contributed by atoms with Crippen molar-refractivity contribution in [3.63, 3.8) is 0 Å². The summed E-state index contributed by atoms with van der Waals surface area (Å²) in [7, 11) is 3.86. The molecule has 0 saturated carbocycles. The van der Waals surface area contributed by atoms with Crippen molar-refractivity contribution in [2.24, 2.45) is 0 Å². The van der Waals surface area contributed by atoms with Gasteiger partial charge in [0.2, 0.25) is 0 Å². The van der Waals surface area contributed by atoms with Gasteiger partial charge < -0.3 is 14.2 Å². The Balaban J connectivity index is 1.73. The lowest BCUT2D eigenvalue weighted by molar-refractivity contribution is 0.0117. The Bertz CT molecular complexity index is 446. The molecule has 4 nitrogen and oxygen atoms in total. The van der Waals surface area contributed by atoms with Crippen LogP contribution in [-0.2, 0) is 16.0 Å². The fraction of sp³-hybridized carbons (Fsp3) is 0.667. The second-order valence-corrected chi connectivity index (χ2v) is 6.21. The van der Waals surface area contributed by atoms with Crippen molar-refractivity contribution >= 4 is 0 Å². The van der Waals surface area contributed by atoms with E-state index in [-0.39, 0.29) is 0 Å². The SMILES string of the molecule is COc1c(C)cc(CN(C)CCOCC2CCCO2)cc1C. The average molecular weight is 307 g/mol. The first kappa shape index (κ1) is 17.3. The zero-order valence-corrected chi connectivity index (χ0v) is 14.4. The summed E-state index contributed by atoms with van der Waals surface area (Å²) in [4.78, 5) is 2.29. The number of ether oxygens (including phenoxy) is 3. The van der Waals surface area contributed by atoms with Crippen LogP contribution in [0.25, 0.3) is 0 Å². The van der Waals surface area contributed by atoms with Crippen molar-refractivity contribution in [3.05, 3.63) is 28.8 Å². The Morgan fingerprint density at radius 2 is 2.00 bits per heavy atom. The summed E-state index contributed by atoms with van der Waals surface area (Å²) in [5.41, 5.74) is 3.71. The summed E-state index contributed by atoms with van der Waals surface area (Å²) in [5.74, 6) is 0.992. The van der Waals surface area contributed by atoms with Crippen LogP contribution in [0.2, 0.25) is 0 Å². The highest BCUT2D eigenvalue weighted by atomic mass is 16.5. The molecule has 22 heavy (non-hydrogen) atoms. The van der Waals surface area contributed by atoms with Gasteiger partial charge in [-0.3, -0.25) is 4.90 Å². The molecule has 1 fully saturated rings. The molecule has 1 aliphatic rings. The van der Waals surface area contributed by atoms with E-state index in [2.05, 4.69) is 37.9 Å². The fourth-order valence-corrected chi connectivity index (χ4v) is 3.05. The third kappa shape index (κ3) is 4.97. The van der Waals surface area contributed by atoms with Gasteiger partial charge in [-0.05, 0) is 50.4 Å². The highest BCUT2D eigenvalue weighted by Gasteiger charge is 2.15. The van der Waals surface area contributed by atoms with E-state index in [4.69, 9.17) is 14.2 Å². The molecule has 0 radical (unpaired) electrons. The smallest absolute Gasteiger partial charge is 0.124 e. The standard InChI is InChI=1S/C18H29NO3/c1-14-10-16(11-15(2)18(14)20-4)12-19(3)7-9-21-13-17-6-5-8-22-17/h10-11,17H,5-9,12-13H2,1-4H3. The minimum atomic E-state index is 0.317. The Kier molecular flexibility index (Phi) is 6.68. The number of rotatable bonds is 8. The van der Waals surface area contributed by atoms with Gasteiger partial charge >= 0.3 is 0 Å². The highest BCUT2D eigenvalue weighted by molar-refractivity contribution is 5.43. The van der Waals surface area contributed by atoms with Crippen molar-refractivity contribution in [2.75, 3.05) is 40.5 Å². The summed E-state index contributed by atoms with van der Waals surface area (Å²) in [6.07, 6.45) is 2.63. The maximum absolute atomic E-state index is 5.72. The summed E-state index contributed by atoms with van der Waals surface area (Å²) in [6, 6.07) is 4.41. The number of aryl methyl sites for hydroxylation is 2. The first-order chi connectivity index (χ1) is 10.6. The van der Waals surface area contributed by atoms with Crippen molar-refractivity contribution < 1.29 is 14.2 Å². The van der Waals surface area contributed by atoms with Gasteiger partial charge in [0.15, 0.2) is 0 Å². The zero-order chi connectivity index (χ0) is 15.9. The van der Waals surface area contributed by atoms with Gasteiger partial charge in [0.05, 0.1) is 26.4 Å². The number of hydrogen-bond acceptors (Lipinski definition) is 4. The molecule has 0 aromatic heterocycles. The van der Waals surface area contributed by atoms with Crippen molar-refractivity contribution in [1.82, 2.24) is 4.90 Å². The summed E-state index contributed by atoms with van der Waals surface area (Å²) in [6.45, 7) is 8.43. The number of likely N-dealkylation sites (N-methyl/N-ethyl adjacent to an activating group) is 1. The Hall–Kier alpha value is -1.10. The Labute approximate surface area is 134 Å². The quantitative estimate of drug-likeness (QED) is 0.691. The van der Waals surface area contributed by atoms with Gasteiger partial charge in [0, 0.05) is 19.7 Å². The summed E-state index contributed by atoms with van der Waals surface area (Å²) < 4.78 is 16.7. The van der Waals surface area contributed by atoms with Gasteiger partial charge in [0.25, 0.3) is 0 Å². The molecule has 0 aliphatic carbocycles. The molecule has 1 unspecified atom stereocenters. The van der Waals surface area contributed by atoms with Crippen LogP contribution in [0, 0.1) is 13.8 Å². The molecule has 0 N–H and O–H groups in total. The normalized spacial score (nSPS) is 18.1. The first-order valence-electron chi connectivity index (χ1n) is 8.12. The van der Waals surface area contributed by atoms with Crippen LogP contribution in [-0.4, -0.2) is 51.5 Å². The van der Waals surface area contributed by atoms with Crippen molar-refractivity contribution in [2.45, 2.75) is 39.3 Å². The van der Waals surface area contributed by atoms with Gasteiger partial charge in [0.1, 0.15) is 5.75 Å². The lowest BCUT2D eigenvalue weighted by atomic mass is 10.1. The molecule has 1 aliphatic heterocycles. The molecule has 1 heterocycles. The highest BCUT2D eigenvalue weighted by Crippen LogP contribution is 2.24. The monoisotopic (exact) mass is 307 g/mol. The van der Waals surface area contributed by atoms with E-state index in [9.17, 15) is 0 Å². The maximum atomic E-state index is 5.72. The molecular formula is C18H29NO3. The predicted molar refractivity (Wildman–Crippen MR) is 88.6 cm³/mol. The molecule has 1 atom stereocenters. The van der Waals surface area contributed by atoms with Crippen LogP contribution in [0.4, 0.5) is 0 Å². The third-order valence-electron chi connectivity index (χ3n) is 4.12. The van der Waals surface area contributed by atoms with E-state index >= 15 is 0 Å². The van der Waals surface area contributed by atoms with Gasteiger partial charge in [-0.1, -0.05) is 12.1 Å². The van der Waals surface area contributed by atoms with E-state index in [0.717, 1.165) is 45.1 Å². The molecule has 124 valence electrons. The topological polar surface area (TPSA) is 30.9 Å². The van der Waals surface area contributed by atoms with E-state index in [1.807, 2.05) is 0 Å². The molecule has 4 heteroatoms. The average Bonchev–Trinajstić information content (AvgIpc) is 2.96. The second kappa shape index (κ2) is 8.51. The van der Waals surface area contributed by atoms with Crippen LogP contribution in [0.15, 0.2) is 12.1 Å². The van der Waals surface area contributed by atoms with Crippen LogP contribution >= 0.6 is 0 Å². The molecule has 0 spiro atoms. The van der Waals surface area contributed by atoms with E-state index in [1.54, 1.807) is 7.11 Å². The van der Waals surface area contributed by atoms with E-state index < -0.39 is 0 Å². The molecule has 0 amide bonds. The van der Waals surface area contributed by atoms with Crippen LogP contribution in [0.3, 0.4) is 0 Å². The molecule has 1 aromatic rings. The van der Waals surface area contributed by atoms with Gasteiger partial charge in [-0.25, -0.2) is 0 Å². The number of methoxy groups -OCH3 is 1. The first-order valence-corrected chi connectivity index (χ1v) is 8.12. The summed E-state index contributed by atoms with van der Waals surface area (Å²) in [5, 5.41) is 0. The van der Waals surface area contributed by atoms with Gasteiger partial charge in [-0.2, -0.15) is 0 Å². The number of benzene rings is 1. The third-order valence-corrected chi connectivity index (χ3v) is 4.12. The lowest BCUT2D eigenvalue weighted by Crippen LogP contribution is -2.24. The lowest BCUT2D eigenvalue weighted by Gasteiger charge is -2.19.